The molecule has 0 saturated heterocycles. The van der Waals surface area contributed by atoms with Crippen LogP contribution in [0.25, 0.3) is 5.57 Å². The molecule has 1 aromatic heterocycles. The van der Waals surface area contributed by atoms with Crippen molar-refractivity contribution in [3.8, 4) is 6.07 Å². The Morgan fingerprint density at radius 1 is 1.56 bits per heavy atom. The summed E-state index contributed by atoms with van der Waals surface area (Å²) in [6, 6.07) is 6.68. The summed E-state index contributed by atoms with van der Waals surface area (Å²) in [4.78, 5) is 15.3. The standard InChI is InChI=1S/C19H17FN2O2S/c1-11-4-7-16(20)15(8-11)14(13(3)9-21)6-5-12(2)18-22-10-17(25-18)19(23)24/h4,6-8,10,12H,3,5H2,1-2H3,(H,23,24)/b14-6+. The molecule has 1 aromatic carbocycles. The number of carboxylic acids is 1. The van der Waals surface area contributed by atoms with E-state index in [-0.39, 0.29) is 16.4 Å². The zero-order valence-electron chi connectivity index (χ0n) is 13.9. The van der Waals surface area contributed by atoms with Crippen LogP contribution in [-0.4, -0.2) is 16.1 Å². The van der Waals surface area contributed by atoms with E-state index in [4.69, 9.17) is 5.11 Å². The highest BCUT2D eigenvalue weighted by Gasteiger charge is 2.16. The molecule has 2 rings (SSSR count). The van der Waals surface area contributed by atoms with Crippen molar-refractivity contribution >= 4 is 22.9 Å². The average molecular weight is 356 g/mol. The predicted octanol–water partition coefficient (Wildman–Crippen LogP) is 4.95. The third-order valence-corrected chi connectivity index (χ3v) is 4.92. The van der Waals surface area contributed by atoms with Crippen LogP contribution in [0.5, 0.6) is 0 Å². The van der Waals surface area contributed by atoms with Gasteiger partial charge in [-0.2, -0.15) is 5.26 Å². The van der Waals surface area contributed by atoms with Crippen molar-refractivity contribution in [1.29, 1.82) is 5.26 Å². The van der Waals surface area contributed by atoms with Crippen molar-refractivity contribution in [2.24, 2.45) is 0 Å². The fraction of sp³-hybridized carbons (Fsp3) is 0.211. The van der Waals surface area contributed by atoms with E-state index in [0.717, 1.165) is 16.9 Å². The first-order valence-corrected chi connectivity index (χ1v) is 8.40. The van der Waals surface area contributed by atoms with Gasteiger partial charge in [0, 0.05) is 11.5 Å². The SMILES string of the molecule is C=C(C#N)/C(=C\CC(C)c1ncc(C(=O)O)s1)c1cc(C)ccc1F. The van der Waals surface area contributed by atoms with Crippen LogP contribution in [0.15, 0.2) is 42.6 Å². The van der Waals surface area contributed by atoms with Crippen molar-refractivity contribution < 1.29 is 14.3 Å². The number of nitrogens with zero attached hydrogens (tertiary/aromatic N) is 2. The number of thiazole rings is 1. The van der Waals surface area contributed by atoms with Crippen molar-refractivity contribution in [2.45, 2.75) is 26.2 Å². The zero-order chi connectivity index (χ0) is 18.6. The predicted molar refractivity (Wildman–Crippen MR) is 96.0 cm³/mol. The Hall–Kier alpha value is -2.78. The second-order valence-corrected chi connectivity index (χ2v) is 6.76. The highest BCUT2D eigenvalue weighted by atomic mass is 32.1. The van der Waals surface area contributed by atoms with Crippen molar-refractivity contribution in [1.82, 2.24) is 4.98 Å². The van der Waals surface area contributed by atoms with Crippen molar-refractivity contribution in [2.75, 3.05) is 0 Å². The van der Waals surface area contributed by atoms with E-state index in [0.29, 0.717) is 22.6 Å². The number of aromatic nitrogens is 1. The Morgan fingerprint density at radius 2 is 2.28 bits per heavy atom. The van der Waals surface area contributed by atoms with E-state index in [1.54, 1.807) is 18.2 Å². The number of carboxylic acid groups (broad SMARTS) is 1. The van der Waals surface area contributed by atoms with Crippen molar-refractivity contribution in [3.63, 3.8) is 0 Å². The molecule has 4 nitrogen and oxygen atoms in total. The van der Waals surface area contributed by atoms with Crippen LogP contribution in [-0.2, 0) is 0 Å². The molecule has 6 heteroatoms. The van der Waals surface area contributed by atoms with Gasteiger partial charge in [0.15, 0.2) is 0 Å². The molecular weight excluding hydrogens is 339 g/mol. The highest BCUT2D eigenvalue weighted by molar-refractivity contribution is 7.13. The fourth-order valence-electron chi connectivity index (χ4n) is 2.31. The number of benzene rings is 1. The van der Waals surface area contributed by atoms with Crippen LogP contribution < -0.4 is 0 Å². The maximum atomic E-state index is 14.2. The minimum atomic E-state index is -1.01. The number of hydrogen-bond donors (Lipinski definition) is 1. The summed E-state index contributed by atoms with van der Waals surface area (Å²) in [7, 11) is 0. The summed E-state index contributed by atoms with van der Waals surface area (Å²) >= 11 is 1.11. The van der Waals surface area contributed by atoms with Gasteiger partial charge >= 0.3 is 5.97 Å². The summed E-state index contributed by atoms with van der Waals surface area (Å²) in [6.45, 7) is 7.46. The Labute approximate surface area is 149 Å². The molecular formula is C19H17FN2O2S. The van der Waals surface area contributed by atoms with E-state index in [9.17, 15) is 14.4 Å². The van der Waals surface area contributed by atoms with E-state index < -0.39 is 11.8 Å². The van der Waals surface area contributed by atoms with Gasteiger partial charge in [0.1, 0.15) is 10.7 Å². The Balaban J connectivity index is 2.32. The second kappa shape index (κ2) is 7.86. The van der Waals surface area contributed by atoms with Gasteiger partial charge in [0.25, 0.3) is 0 Å². The molecule has 1 unspecified atom stereocenters. The number of rotatable bonds is 6. The molecule has 0 bridgehead atoms. The summed E-state index contributed by atoms with van der Waals surface area (Å²) < 4.78 is 14.2. The van der Waals surface area contributed by atoms with Gasteiger partial charge in [0.05, 0.1) is 22.8 Å². The van der Waals surface area contributed by atoms with E-state index in [1.807, 2.05) is 19.9 Å². The monoisotopic (exact) mass is 356 g/mol. The molecule has 0 saturated carbocycles. The fourth-order valence-corrected chi connectivity index (χ4v) is 3.13. The molecule has 0 aliphatic rings. The summed E-state index contributed by atoms with van der Waals surface area (Å²) in [6.07, 6.45) is 3.57. The number of nitriles is 1. The number of aryl methyl sites for hydroxylation is 1. The third-order valence-electron chi connectivity index (χ3n) is 3.70. The van der Waals surface area contributed by atoms with Gasteiger partial charge in [-0.1, -0.05) is 31.2 Å². The maximum Gasteiger partial charge on any atom is 0.347 e. The molecule has 128 valence electrons. The minimum Gasteiger partial charge on any atom is -0.477 e. The molecule has 2 aromatic rings. The van der Waals surface area contributed by atoms with Crippen LogP contribution in [0.2, 0.25) is 0 Å². The normalized spacial score (nSPS) is 12.5. The van der Waals surface area contributed by atoms with Crippen LogP contribution in [0.4, 0.5) is 4.39 Å². The number of halogens is 1. The zero-order valence-corrected chi connectivity index (χ0v) is 14.7. The molecule has 1 atom stereocenters. The minimum absolute atomic E-state index is 0.0625. The second-order valence-electron chi connectivity index (χ2n) is 5.70. The maximum absolute atomic E-state index is 14.2. The molecule has 25 heavy (non-hydrogen) atoms. The lowest BCUT2D eigenvalue weighted by Crippen LogP contribution is -1.96. The molecule has 0 spiro atoms. The Morgan fingerprint density at radius 3 is 2.88 bits per heavy atom. The van der Waals surface area contributed by atoms with E-state index >= 15 is 0 Å². The molecule has 1 heterocycles. The Kier molecular flexibility index (Phi) is 5.84. The van der Waals surface area contributed by atoms with Gasteiger partial charge in [-0.05, 0) is 31.1 Å². The molecule has 1 N–H and O–H groups in total. The quantitative estimate of drug-likeness (QED) is 0.587. The molecule has 0 aliphatic carbocycles. The Bertz CT molecular complexity index is 893. The van der Waals surface area contributed by atoms with Gasteiger partial charge in [-0.25, -0.2) is 14.2 Å². The van der Waals surface area contributed by atoms with Crippen LogP contribution >= 0.6 is 11.3 Å². The van der Waals surface area contributed by atoms with E-state index in [1.165, 1.54) is 12.3 Å². The average Bonchev–Trinajstić information content (AvgIpc) is 3.08. The summed E-state index contributed by atoms with van der Waals surface area (Å²) in [5, 5.41) is 18.8. The van der Waals surface area contributed by atoms with E-state index in [2.05, 4.69) is 11.6 Å². The molecule has 0 fully saturated rings. The van der Waals surface area contributed by atoms with Crippen LogP contribution in [0, 0.1) is 24.1 Å². The van der Waals surface area contributed by atoms with Crippen LogP contribution in [0.3, 0.4) is 0 Å². The lowest BCUT2D eigenvalue weighted by Gasteiger charge is -2.11. The molecule has 0 amide bonds. The largest absolute Gasteiger partial charge is 0.477 e. The summed E-state index contributed by atoms with van der Waals surface area (Å²) in [5.74, 6) is -1.48. The number of allylic oxidation sites excluding steroid dienone is 3. The van der Waals surface area contributed by atoms with Gasteiger partial charge in [-0.3, -0.25) is 0 Å². The number of hydrogen-bond acceptors (Lipinski definition) is 4. The summed E-state index contributed by atoms with van der Waals surface area (Å²) in [5.41, 5.74) is 1.85. The third kappa shape index (κ3) is 4.40. The van der Waals surface area contributed by atoms with Gasteiger partial charge in [-0.15, -0.1) is 11.3 Å². The lowest BCUT2D eigenvalue weighted by molar-refractivity contribution is 0.0702. The van der Waals surface area contributed by atoms with Crippen molar-refractivity contribution in [3.05, 3.63) is 69.5 Å². The smallest absolute Gasteiger partial charge is 0.347 e. The number of aromatic carboxylic acids is 1. The molecule has 0 aliphatic heterocycles. The van der Waals surface area contributed by atoms with Crippen LogP contribution in [0.1, 0.15) is 45.1 Å². The highest BCUT2D eigenvalue weighted by Crippen LogP contribution is 2.30. The topological polar surface area (TPSA) is 74.0 Å². The first kappa shape index (κ1) is 18.6. The first-order valence-electron chi connectivity index (χ1n) is 7.58. The van der Waals surface area contributed by atoms with Gasteiger partial charge in [0.2, 0.25) is 0 Å². The molecule has 0 radical (unpaired) electrons. The first-order chi connectivity index (χ1) is 11.8. The van der Waals surface area contributed by atoms with Gasteiger partial charge < -0.3 is 5.11 Å². The lowest BCUT2D eigenvalue weighted by atomic mass is 9.95. The number of carbonyl (C=O) groups is 1.